The van der Waals surface area contributed by atoms with Crippen LogP contribution in [-0.2, 0) is 10.0 Å². The van der Waals surface area contributed by atoms with E-state index in [0.29, 0.717) is 42.0 Å². The molecule has 0 unspecified atom stereocenters. The minimum Gasteiger partial charge on any atom is -0.494 e. The number of sulfonamides is 1. The maximum absolute atomic E-state index is 12.9. The quantitative estimate of drug-likeness (QED) is 0.329. The SMILES string of the molecule is O=S(=O)(c1cccc(-c2nnc(SCCCOc3ccc(F)cc3)o2)c1)N1CCCCC1. The first kappa shape index (κ1) is 22.8. The fraction of sp³-hybridized carbons (Fsp3) is 0.364. The monoisotopic (exact) mass is 477 g/mol. The van der Waals surface area contributed by atoms with E-state index in [0.717, 1.165) is 25.7 Å². The van der Waals surface area contributed by atoms with Crippen LogP contribution in [0.5, 0.6) is 5.75 Å². The number of ether oxygens (including phenoxy) is 1. The van der Waals surface area contributed by atoms with Crippen LogP contribution in [0.15, 0.2) is 63.1 Å². The van der Waals surface area contributed by atoms with Gasteiger partial charge in [0.25, 0.3) is 5.22 Å². The first-order chi connectivity index (χ1) is 15.5. The van der Waals surface area contributed by atoms with Gasteiger partial charge >= 0.3 is 0 Å². The molecule has 0 aliphatic carbocycles. The largest absolute Gasteiger partial charge is 0.494 e. The molecule has 1 aliphatic rings. The second-order valence-electron chi connectivity index (χ2n) is 7.37. The number of piperidine rings is 1. The van der Waals surface area contributed by atoms with Gasteiger partial charge in [-0.2, -0.15) is 4.31 Å². The molecule has 0 amide bonds. The van der Waals surface area contributed by atoms with E-state index >= 15 is 0 Å². The van der Waals surface area contributed by atoms with Crippen LogP contribution >= 0.6 is 11.8 Å². The van der Waals surface area contributed by atoms with Crippen molar-refractivity contribution in [1.82, 2.24) is 14.5 Å². The minimum absolute atomic E-state index is 0.238. The summed E-state index contributed by atoms with van der Waals surface area (Å²) in [7, 11) is -3.53. The number of rotatable bonds is 9. The van der Waals surface area contributed by atoms with E-state index in [1.54, 1.807) is 40.7 Å². The number of benzene rings is 2. The molecule has 32 heavy (non-hydrogen) atoms. The zero-order chi connectivity index (χ0) is 22.4. The molecular weight excluding hydrogens is 453 g/mol. The highest BCUT2D eigenvalue weighted by molar-refractivity contribution is 7.99. The average Bonchev–Trinajstić information content (AvgIpc) is 3.30. The standard InChI is InChI=1S/C22H24FN3O4S2/c23-18-8-10-19(11-9-18)29-14-5-15-31-22-25-24-21(30-22)17-6-4-7-20(16-17)32(27,28)26-12-2-1-3-13-26/h4,6-11,16H,1-3,5,12-15H2. The molecule has 3 aromatic rings. The van der Waals surface area contributed by atoms with Crippen LogP contribution in [0, 0.1) is 5.82 Å². The maximum atomic E-state index is 12.9. The topological polar surface area (TPSA) is 85.5 Å². The molecule has 4 rings (SSSR count). The van der Waals surface area contributed by atoms with E-state index in [4.69, 9.17) is 9.15 Å². The van der Waals surface area contributed by atoms with E-state index in [-0.39, 0.29) is 16.6 Å². The fourth-order valence-corrected chi connectivity index (χ4v) is 5.60. The summed E-state index contributed by atoms with van der Waals surface area (Å²) in [5.41, 5.74) is 0.571. The average molecular weight is 478 g/mol. The van der Waals surface area contributed by atoms with Gasteiger partial charge in [-0.05, 0) is 61.7 Å². The molecule has 0 saturated carbocycles. The first-order valence-electron chi connectivity index (χ1n) is 10.5. The Morgan fingerprint density at radius 1 is 1.06 bits per heavy atom. The van der Waals surface area contributed by atoms with Crippen LogP contribution in [0.3, 0.4) is 0 Å². The molecule has 0 radical (unpaired) electrons. The Morgan fingerprint density at radius 2 is 1.84 bits per heavy atom. The summed E-state index contributed by atoms with van der Waals surface area (Å²) in [5, 5.41) is 8.52. The Labute approximate surface area is 191 Å². The molecule has 1 fully saturated rings. The van der Waals surface area contributed by atoms with Crippen molar-refractivity contribution in [1.29, 1.82) is 0 Å². The van der Waals surface area contributed by atoms with Crippen LogP contribution < -0.4 is 4.74 Å². The summed E-state index contributed by atoms with van der Waals surface area (Å²) in [6, 6.07) is 12.5. The first-order valence-corrected chi connectivity index (χ1v) is 12.9. The molecule has 0 spiro atoms. The number of nitrogens with zero attached hydrogens (tertiary/aromatic N) is 3. The number of aromatic nitrogens is 2. The van der Waals surface area contributed by atoms with Crippen molar-refractivity contribution in [3.63, 3.8) is 0 Å². The van der Waals surface area contributed by atoms with Gasteiger partial charge in [0.2, 0.25) is 15.9 Å². The van der Waals surface area contributed by atoms with Gasteiger partial charge in [0.15, 0.2) is 0 Å². The summed E-state index contributed by atoms with van der Waals surface area (Å²) in [5.74, 6) is 1.31. The van der Waals surface area contributed by atoms with Gasteiger partial charge in [0.1, 0.15) is 11.6 Å². The van der Waals surface area contributed by atoms with Crippen molar-refractivity contribution in [2.45, 2.75) is 35.8 Å². The Balaban J connectivity index is 1.32. The second-order valence-corrected chi connectivity index (χ2v) is 10.4. The molecule has 2 heterocycles. The number of thioether (sulfide) groups is 1. The lowest BCUT2D eigenvalue weighted by atomic mass is 10.2. The molecule has 0 N–H and O–H groups in total. The van der Waals surface area contributed by atoms with Crippen molar-refractivity contribution < 1.29 is 22.0 Å². The normalized spacial score (nSPS) is 15.0. The molecule has 170 valence electrons. The summed E-state index contributed by atoms with van der Waals surface area (Å²) in [4.78, 5) is 0.238. The van der Waals surface area contributed by atoms with Gasteiger partial charge in [-0.15, -0.1) is 10.2 Å². The third-order valence-corrected chi connectivity index (χ3v) is 7.84. The molecular formula is C22H24FN3O4S2. The van der Waals surface area contributed by atoms with Gasteiger partial charge in [0.05, 0.1) is 11.5 Å². The number of hydrogen-bond donors (Lipinski definition) is 0. The molecule has 10 heteroatoms. The van der Waals surface area contributed by atoms with Crippen molar-refractivity contribution in [3.8, 4) is 17.2 Å². The van der Waals surface area contributed by atoms with Gasteiger partial charge in [-0.3, -0.25) is 0 Å². The van der Waals surface area contributed by atoms with E-state index < -0.39 is 10.0 Å². The molecule has 1 aromatic heterocycles. The molecule has 0 atom stereocenters. The third kappa shape index (κ3) is 5.67. The van der Waals surface area contributed by atoms with Crippen LogP contribution in [0.4, 0.5) is 4.39 Å². The third-order valence-electron chi connectivity index (χ3n) is 5.04. The summed E-state index contributed by atoms with van der Waals surface area (Å²) in [6.07, 6.45) is 3.58. The summed E-state index contributed by atoms with van der Waals surface area (Å²) in [6.45, 7) is 1.59. The van der Waals surface area contributed by atoms with Crippen molar-refractivity contribution >= 4 is 21.8 Å². The Morgan fingerprint density at radius 3 is 2.62 bits per heavy atom. The Bertz CT molecular complexity index is 1130. The van der Waals surface area contributed by atoms with Gasteiger partial charge in [-0.1, -0.05) is 24.2 Å². The number of hydrogen-bond acceptors (Lipinski definition) is 7. The smallest absolute Gasteiger partial charge is 0.276 e. The lowest BCUT2D eigenvalue weighted by Gasteiger charge is -2.25. The fourth-order valence-electron chi connectivity index (χ4n) is 3.37. The van der Waals surface area contributed by atoms with E-state index in [2.05, 4.69) is 10.2 Å². The molecule has 2 aromatic carbocycles. The zero-order valence-electron chi connectivity index (χ0n) is 17.4. The summed E-state index contributed by atoms with van der Waals surface area (Å²) < 4.78 is 51.6. The predicted molar refractivity (Wildman–Crippen MR) is 120 cm³/mol. The summed E-state index contributed by atoms with van der Waals surface area (Å²) >= 11 is 1.40. The zero-order valence-corrected chi connectivity index (χ0v) is 19.1. The highest BCUT2D eigenvalue weighted by Crippen LogP contribution is 2.27. The molecule has 7 nitrogen and oxygen atoms in total. The molecule has 1 aliphatic heterocycles. The minimum atomic E-state index is -3.53. The van der Waals surface area contributed by atoms with Crippen LogP contribution in [0.1, 0.15) is 25.7 Å². The van der Waals surface area contributed by atoms with Gasteiger partial charge < -0.3 is 9.15 Å². The lowest BCUT2D eigenvalue weighted by Crippen LogP contribution is -2.35. The van der Waals surface area contributed by atoms with E-state index in [1.807, 2.05) is 0 Å². The maximum Gasteiger partial charge on any atom is 0.276 e. The Kier molecular flexibility index (Phi) is 7.44. The van der Waals surface area contributed by atoms with E-state index in [9.17, 15) is 12.8 Å². The van der Waals surface area contributed by atoms with Crippen LogP contribution in [0.2, 0.25) is 0 Å². The van der Waals surface area contributed by atoms with Gasteiger partial charge in [0, 0.05) is 24.4 Å². The molecule has 1 saturated heterocycles. The Hall–Kier alpha value is -2.43. The highest BCUT2D eigenvalue weighted by atomic mass is 32.2. The van der Waals surface area contributed by atoms with E-state index in [1.165, 1.54) is 23.9 Å². The van der Waals surface area contributed by atoms with Crippen LogP contribution in [0.25, 0.3) is 11.5 Å². The van der Waals surface area contributed by atoms with Crippen LogP contribution in [-0.4, -0.2) is 48.4 Å². The number of halogens is 1. The highest BCUT2D eigenvalue weighted by Gasteiger charge is 2.26. The van der Waals surface area contributed by atoms with Crippen molar-refractivity contribution in [3.05, 3.63) is 54.3 Å². The predicted octanol–water partition coefficient (Wildman–Crippen LogP) is 4.61. The lowest BCUT2D eigenvalue weighted by molar-refractivity contribution is 0.318. The van der Waals surface area contributed by atoms with Gasteiger partial charge in [-0.25, -0.2) is 12.8 Å². The molecule has 0 bridgehead atoms. The van der Waals surface area contributed by atoms with Crippen molar-refractivity contribution in [2.75, 3.05) is 25.4 Å². The second kappa shape index (κ2) is 10.5. The van der Waals surface area contributed by atoms with Crippen molar-refractivity contribution in [2.24, 2.45) is 0 Å².